The van der Waals surface area contributed by atoms with Gasteiger partial charge < -0.3 is 10.1 Å². The Balaban J connectivity index is 2.63. The molecular formula is C9H9F2NO2. The van der Waals surface area contributed by atoms with E-state index in [1.54, 1.807) is 0 Å². The number of amides is 1. The van der Waals surface area contributed by atoms with E-state index in [2.05, 4.69) is 10.1 Å². The molecule has 0 saturated heterocycles. The summed E-state index contributed by atoms with van der Waals surface area (Å²) in [5.41, 5.74) is 0.541. The van der Waals surface area contributed by atoms with Gasteiger partial charge in [0.25, 0.3) is 0 Å². The van der Waals surface area contributed by atoms with Gasteiger partial charge in [-0.3, -0.25) is 4.79 Å². The molecule has 1 aromatic rings. The van der Waals surface area contributed by atoms with Gasteiger partial charge in [-0.15, -0.1) is 0 Å². The van der Waals surface area contributed by atoms with Crippen molar-refractivity contribution < 1.29 is 18.3 Å². The van der Waals surface area contributed by atoms with Gasteiger partial charge in [0.1, 0.15) is 5.75 Å². The minimum Gasteiger partial charge on any atom is -0.435 e. The topological polar surface area (TPSA) is 38.3 Å². The zero-order valence-electron chi connectivity index (χ0n) is 7.46. The van der Waals surface area contributed by atoms with Crippen molar-refractivity contribution in [2.75, 3.05) is 5.32 Å². The Labute approximate surface area is 79.7 Å². The third-order valence-electron chi connectivity index (χ3n) is 1.40. The van der Waals surface area contributed by atoms with Crippen molar-refractivity contribution in [3.05, 3.63) is 24.3 Å². The van der Waals surface area contributed by atoms with Gasteiger partial charge in [0.2, 0.25) is 5.91 Å². The first-order valence-electron chi connectivity index (χ1n) is 3.90. The number of hydrogen-bond acceptors (Lipinski definition) is 2. The van der Waals surface area contributed by atoms with E-state index >= 15 is 0 Å². The van der Waals surface area contributed by atoms with E-state index < -0.39 is 6.61 Å². The molecule has 0 aromatic heterocycles. The second-order valence-corrected chi connectivity index (χ2v) is 2.58. The number of nitrogens with one attached hydrogen (secondary N) is 1. The summed E-state index contributed by atoms with van der Waals surface area (Å²) >= 11 is 0. The Morgan fingerprint density at radius 1 is 1.36 bits per heavy atom. The van der Waals surface area contributed by atoms with Gasteiger partial charge in [0, 0.05) is 12.6 Å². The summed E-state index contributed by atoms with van der Waals surface area (Å²) in [4.78, 5) is 10.6. The van der Waals surface area contributed by atoms with Gasteiger partial charge in [-0.1, -0.05) is 0 Å². The van der Waals surface area contributed by atoms with E-state index in [1.807, 2.05) is 0 Å². The van der Waals surface area contributed by atoms with E-state index in [4.69, 9.17) is 0 Å². The molecule has 1 amide bonds. The highest BCUT2D eigenvalue weighted by molar-refractivity contribution is 5.88. The molecule has 1 aromatic carbocycles. The standard InChI is InChI=1S/C9H9F2NO2/c1-6(13)12-7-2-4-8(5-3-7)14-9(10)11/h2-5,9H,1H3,(H,12,13). The number of halogens is 2. The van der Waals surface area contributed by atoms with Gasteiger partial charge in [0.05, 0.1) is 0 Å². The average Bonchev–Trinajstić information content (AvgIpc) is 2.06. The molecule has 0 heterocycles. The third kappa shape index (κ3) is 3.38. The van der Waals surface area contributed by atoms with E-state index in [1.165, 1.54) is 31.2 Å². The van der Waals surface area contributed by atoms with Gasteiger partial charge in [0.15, 0.2) is 0 Å². The lowest BCUT2D eigenvalue weighted by Gasteiger charge is -2.05. The highest BCUT2D eigenvalue weighted by atomic mass is 19.3. The maximum absolute atomic E-state index is 11.7. The smallest absolute Gasteiger partial charge is 0.387 e. The van der Waals surface area contributed by atoms with Crippen LogP contribution in [0.2, 0.25) is 0 Å². The highest BCUT2D eigenvalue weighted by Gasteiger charge is 2.03. The summed E-state index contributed by atoms with van der Waals surface area (Å²) in [6, 6.07) is 5.69. The van der Waals surface area contributed by atoms with Crippen molar-refractivity contribution >= 4 is 11.6 Å². The lowest BCUT2D eigenvalue weighted by molar-refractivity contribution is -0.114. The second-order valence-electron chi connectivity index (χ2n) is 2.58. The van der Waals surface area contributed by atoms with Crippen LogP contribution >= 0.6 is 0 Å². The summed E-state index contributed by atoms with van der Waals surface area (Å²) in [7, 11) is 0. The van der Waals surface area contributed by atoms with E-state index in [0.717, 1.165) is 0 Å². The summed E-state index contributed by atoms with van der Waals surface area (Å²) in [6.07, 6.45) is 0. The Kier molecular flexibility index (Phi) is 3.39. The molecule has 0 spiro atoms. The number of anilines is 1. The molecule has 14 heavy (non-hydrogen) atoms. The monoisotopic (exact) mass is 201 g/mol. The first kappa shape index (κ1) is 10.4. The van der Waals surface area contributed by atoms with Crippen molar-refractivity contribution in [1.82, 2.24) is 0 Å². The molecule has 0 aliphatic rings. The molecular weight excluding hydrogens is 192 g/mol. The minimum absolute atomic E-state index is 0.0640. The van der Waals surface area contributed by atoms with Gasteiger partial charge >= 0.3 is 6.61 Å². The zero-order chi connectivity index (χ0) is 10.6. The largest absolute Gasteiger partial charge is 0.435 e. The van der Waals surface area contributed by atoms with Crippen molar-refractivity contribution in [1.29, 1.82) is 0 Å². The average molecular weight is 201 g/mol. The molecule has 1 N–H and O–H groups in total. The number of alkyl halides is 2. The van der Waals surface area contributed by atoms with Crippen LogP contribution in [0.5, 0.6) is 5.75 Å². The lowest BCUT2D eigenvalue weighted by atomic mass is 10.3. The minimum atomic E-state index is -2.83. The molecule has 0 bridgehead atoms. The Hall–Kier alpha value is -1.65. The van der Waals surface area contributed by atoms with Gasteiger partial charge in [-0.2, -0.15) is 8.78 Å². The SMILES string of the molecule is CC(=O)Nc1ccc(OC(F)F)cc1. The molecule has 0 radical (unpaired) electrons. The van der Waals surface area contributed by atoms with Crippen molar-refractivity contribution in [2.45, 2.75) is 13.5 Å². The van der Waals surface area contributed by atoms with Gasteiger partial charge in [-0.25, -0.2) is 0 Å². The summed E-state index contributed by atoms with van der Waals surface area (Å²) in [5.74, 6) is -0.151. The van der Waals surface area contributed by atoms with E-state index in [0.29, 0.717) is 5.69 Å². The quantitative estimate of drug-likeness (QED) is 0.814. The predicted octanol–water partition coefficient (Wildman–Crippen LogP) is 2.25. The van der Waals surface area contributed by atoms with E-state index in [9.17, 15) is 13.6 Å². The fourth-order valence-corrected chi connectivity index (χ4v) is 0.923. The van der Waals surface area contributed by atoms with Crippen molar-refractivity contribution in [2.24, 2.45) is 0 Å². The predicted molar refractivity (Wildman–Crippen MR) is 47.4 cm³/mol. The maximum Gasteiger partial charge on any atom is 0.387 e. The Morgan fingerprint density at radius 2 is 1.93 bits per heavy atom. The zero-order valence-corrected chi connectivity index (χ0v) is 7.46. The molecule has 1 rings (SSSR count). The maximum atomic E-state index is 11.7. The van der Waals surface area contributed by atoms with E-state index in [-0.39, 0.29) is 11.7 Å². The fraction of sp³-hybridized carbons (Fsp3) is 0.222. The number of hydrogen-bond donors (Lipinski definition) is 1. The first-order chi connectivity index (χ1) is 6.58. The van der Waals surface area contributed by atoms with Crippen LogP contribution in [0.4, 0.5) is 14.5 Å². The van der Waals surface area contributed by atoms with Crippen LogP contribution < -0.4 is 10.1 Å². The molecule has 0 atom stereocenters. The summed E-state index contributed by atoms with van der Waals surface area (Å²) in [5, 5.41) is 2.50. The number of rotatable bonds is 3. The van der Waals surface area contributed by atoms with Crippen LogP contribution in [0.3, 0.4) is 0 Å². The fourth-order valence-electron chi connectivity index (χ4n) is 0.923. The summed E-state index contributed by atoms with van der Waals surface area (Å²) in [6.45, 7) is -1.47. The van der Waals surface area contributed by atoms with Crippen LogP contribution in [0, 0.1) is 0 Å². The van der Waals surface area contributed by atoms with Crippen LogP contribution in [-0.4, -0.2) is 12.5 Å². The lowest BCUT2D eigenvalue weighted by Crippen LogP contribution is -2.06. The molecule has 0 aliphatic heterocycles. The molecule has 0 saturated carbocycles. The molecule has 3 nitrogen and oxygen atoms in total. The van der Waals surface area contributed by atoms with Crippen molar-refractivity contribution in [3.8, 4) is 5.75 Å². The van der Waals surface area contributed by atoms with Crippen LogP contribution in [0.25, 0.3) is 0 Å². The number of carbonyl (C=O) groups is 1. The summed E-state index contributed by atoms with van der Waals surface area (Å²) < 4.78 is 27.6. The van der Waals surface area contributed by atoms with Gasteiger partial charge in [-0.05, 0) is 24.3 Å². The molecule has 0 aliphatic carbocycles. The molecule has 76 valence electrons. The third-order valence-corrected chi connectivity index (χ3v) is 1.40. The second kappa shape index (κ2) is 4.55. The van der Waals surface area contributed by atoms with Crippen molar-refractivity contribution in [3.63, 3.8) is 0 Å². The van der Waals surface area contributed by atoms with Crippen LogP contribution in [0.15, 0.2) is 24.3 Å². The molecule has 0 unspecified atom stereocenters. The Bertz CT molecular complexity index is 311. The van der Waals surface area contributed by atoms with Crippen LogP contribution in [0.1, 0.15) is 6.92 Å². The molecule has 0 fully saturated rings. The number of carbonyl (C=O) groups excluding carboxylic acids is 1. The highest BCUT2D eigenvalue weighted by Crippen LogP contribution is 2.17. The number of benzene rings is 1. The first-order valence-corrected chi connectivity index (χ1v) is 3.90. The Morgan fingerprint density at radius 3 is 2.36 bits per heavy atom. The normalized spacial score (nSPS) is 10.0. The number of ether oxygens (including phenoxy) is 1. The van der Waals surface area contributed by atoms with Crippen LogP contribution in [-0.2, 0) is 4.79 Å². The molecule has 5 heteroatoms.